The number of nitrogens with zero attached hydrogens (tertiary/aromatic N) is 2. The molecule has 1 heterocycles. The molecule has 92 valence electrons. The molecule has 0 aromatic carbocycles. The van der Waals surface area contributed by atoms with Gasteiger partial charge in [-0.25, -0.2) is 0 Å². The summed E-state index contributed by atoms with van der Waals surface area (Å²) in [5.74, 6) is 0. The van der Waals surface area contributed by atoms with Gasteiger partial charge in [0.2, 0.25) is 0 Å². The van der Waals surface area contributed by atoms with Crippen molar-refractivity contribution in [1.29, 1.82) is 5.26 Å². The number of ether oxygens (including phenoxy) is 1. The lowest BCUT2D eigenvalue weighted by molar-refractivity contribution is -0.0714. The first kappa shape index (κ1) is 13.4. The molecule has 0 aromatic rings. The summed E-state index contributed by atoms with van der Waals surface area (Å²) in [5, 5.41) is 12.5. The second kappa shape index (κ2) is 5.62. The summed E-state index contributed by atoms with van der Waals surface area (Å²) in [4.78, 5) is 2.31. The molecule has 16 heavy (non-hydrogen) atoms. The monoisotopic (exact) mass is 225 g/mol. The molecule has 1 saturated heterocycles. The van der Waals surface area contributed by atoms with E-state index in [1.807, 2.05) is 13.8 Å². The van der Waals surface area contributed by atoms with E-state index in [9.17, 15) is 5.26 Å². The van der Waals surface area contributed by atoms with Gasteiger partial charge in [0.1, 0.15) is 5.54 Å². The van der Waals surface area contributed by atoms with E-state index >= 15 is 0 Å². The van der Waals surface area contributed by atoms with Crippen LogP contribution in [-0.2, 0) is 4.74 Å². The zero-order chi connectivity index (χ0) is 12.2. The molecule has 1 aliphatic rings. The molecule has 0 aliphatic carbocycles. The van der Waals surface area contributed by atoms with Crippen LogP contribution in [-0.4, -0.2) is 48.8 Å². The largest absolute Gasteiger partial charge is 0.373 e. The molecule has 1 aliphatic heterocycles. The van der Waals surface area contributed by atoms with Crippen molar-refractivity contribution in [1.82, 2.24) is 10.2 Å². The normalized spacial score (nSPS) is 30.7. The van der Waals surface area contributed by atoms with Crippen LogP contribution in [0.3, 0.4) is 0 Å². The number of likely N-dealkylation sites (N-methyl/N-ethyl adjacent to an activating group) is 1. The third-order valence-corrected chi connectivity index (χ3v) is 2.85. The van der Waals surface area contributed by atoms with Crippen molar-refractivity contribution in [3.63, 3.8) is 0 Å². The molecule has 3 atom stereocenters. The van der Waals surface area contributed by atoms with E-state index in [0.29, 0.717) is 0 Å². The molecule has 0 radical (unpaired) electrons. The molecule has 4 nitrogen and oxygen atoms in total. The van der Waals surface area contributed by atoms with E-state index in [-0.39, 0.29) is 12.2 Å². The van der Waals surface area contributed by atoms with Crippen molar-refractivity contribution in [3.8, 4) is 6.07 Å². The van der Waals surface area contributed by atoms with Crippen LogP contribution in [0.25, 0.3) is 0 Å². The highest BCUT2D eigenvalue weighted by Gasteiger charge is 2.30. The molecule has 1 N–H and O–H groups in total. The van der Waals surface area contributed by atoms with Crippen LogP contribution in [0.4, 0.5) is 0 Å². The molecular weight excluding hydrogens is 202 g/mol. The second-order valence-corrected chi connectivity index (χ2v) is 4.93. The van der Waals surface area contributed by atoms with Gasteiger partial charge in [-0.2, -0.15) is 5.26 Å². The Hall–Kier alpha value is -0.630. The smallest absolute Gasteiger partial charge is 0.116 e. The first-order chi connectivity index (χ1) is 7.49. The number of hydrogen-bond acceptors (Lipinski definition) is 4. The maximum atomic E-state index is 9.21. The zero-order valence-electron chi connectivity index (χ0n) is 10.8. The van der Waals surface area contributed by atoms with E-state index < -0.39 is 5.54 Å². The minimum Gasteiger partial charge on any atom is -0.373 e. The van der Waals surface area contributed by atoms with Gasteiger partial charge in [0.15, 0.2) is 0 Å². The molecule has 0 spiro atoms. The Labute approximate surface area is 98.6 Å². The molecule has 0 bridgehead atoms. The van der Waals surface area contributed by atoms with Crippen molar-refractivity contribution in [2.24, 2.45) is 0 Å². The van der Waals surface area contributed by atoms with E-state index in [4.69, 9.17) is 4.74 Å². The fraction of sp³-hybridized carbons (Fsp3) is 0.917. The minimum atomic E-state index is -0.453. The highest BCUT2D eigenvalue weighted by molar-refractivity contribution is 5.06. The van der Waals surface area contributed by atoms with Crippen LogP contribution >= 0.6 is 0 Å². The summed E-state index contributed by atoms with van der Waals surface area (Å²) in [7, 11) is 0. The summed E-state index contributed by atoms with van der Waals surface area (Å²) in [6, 6.07) is 2.36. The number of nitrogens with one attached hydrogen (secondary N) is 1. The number of hydrogen-bond donors (Lipinski definition) is 1. The Morgan fingerprint density at radius 1 is 1.44 bits per heavy atom. The Bertz CT molecular complexity index is 253. The third kappa shape index (κ3) is 3.75. The molecule has 1 unspecified atom stereocenters. The van der Waals surface area contributed by atoms with Gasteiger partial charge in [0, 0.05) is 19.6 Å². The summed E-state index contributed by atoms with van der Waals surface area (Å²) in [6.07, 6.45) is 0.515. The lowest BCUT2D eigenvalue weighted by Gasteiger charge is -2.38. The summed E-state index contributed by atoms with van der Waals surface area (Å²) in [5.41, 5.74) is -0.453. The van der Waals surface area contributed by atoms with Crippen LogP contribution in [0.1, 0.15) is 27.7 Å². The van der Waals surface area contributed by atoms with E-state index in [2.05, 4.69) is 30.1 Å². The Morgan fingerprint density at radius 2 is 2.00 bits per heavy atom. The number of nitriles is 1. The first-order valence-electron chi connectivity index (χ1n) is 6.03. The van der Waals surface area contributed by atoms with Crippen molar-refractivity contribution < 1.29 is 4.74 Å². The average molecular weight is 225 g/mol. The van der Waals surface area contributed by atoms with Crippen LogP contribution in [0.15, 0.2) is 0 Å². The summed E-state index contributed by atoms with van der Waals surface area (Å²) in [6.45, 7) is 11.6. The van der Waals surface area contributed by atoms with Gasteiger partial charge in [-0.15, -0.1) is 0 Å². The van der Waals surface area contributed by atoms with Gasteiger partial charge in [0.05, 0.1) is 18.3 Å². The second-order valence-electron chi connectivity index (χ2n) is 4.93. The van der Waals surface area contributed by atoms with Gasteiger partial charge >= 0.3 is 0 Å². The predicted molar refractivity (Wildman–Crippen MR) is 64.1 cm³/mol. The summed E-state index contributed by atoms with van der Waals surface area (Å²) < 4.78 is 5.68. The highest BCUT2D eigenvalue weighted by Crippen LogP contribution is 2.14. The molecule has 1 rings (SSSR count). The molecule has 1 fully saturated rings. The maximum Gasteiger partial charge on any atom is 0.116 e. The lowest BCUT2D eigenvalue weighted by atomic mass is 10.0. The van der Waals surface area contributed by atoms with Gasteiger partial charge in [-0.3, -0.25) is 10.2 Å². The fourth-order valence-corrected chi connectivity index (χ4v) is 2.38. The van der Waals surface area contributed by atoms with Gasteiger partial charge in [-0.1, -0.05) is 6.92 Å². The topological polar surface area (TPSA) is 48.3 Å². The van der Waals surface area contributed by atoms with E-state index in [0.717, 1.165) is 26.2 Å². The highest BCUT2D eigenvalue weighted by atomic mass is 16.5. The molecule has 4 heteroatoms. The Kier molecular flexibility index (Phi) is 4.72. The molecule has 0 saturated carbocycles. The zero-order valence-corrected chi connectivity index (χ0v) is 10.8. The first-order valence-corrected chi connectivity index (χ1v) is 6.03. The van der Waals surface area contributed by atoms with Crippen LogP contribution < -0.4 is 5.32 Å². The molecule has 0 aromatic heterocycles. The average Bonchev–Trinajstić information content (AvgIpc) is 2.16. The van der Waals surface area contributed by atoms with Crippen LogP contribution in [0.2, 0.25) is 0 Å². The maximum absolute atomic E-state index is 9.21. The number of rotatable bonds is 4. The predicted octanol–water partition coefficient (Wildman–Crippen LogP) is 0.987. The van der Waals surface area contributed by atoms with E-state index in [1.54, 1.807) is 0 Å². The van der Waals surface area contributed by atoms with Crippen LogP contribution in [0, 0.1) is 11.3 Å². The summed E-state index contributed by atoms with van der Waals surface area (Å²) >= 11 is 0. The SMILES string of the molecule is CCNC(C)(C#N)CN1C[C@@H](C)O[C@@H](C)C1. The van der Waals surface area contributed by atoms with Gasteiger partial charge < -0.3 is 4.74 Å². The van der Waals surface area contributed by atoms with Gasteiger partial charge in [0.25, 0.3) is 0 Å². The standard InChI is InChI=1S/C12H23N3O/c1-5-14-12(4,8-13)9-15-6-10(2)16-11(3)7-15/h10-11,14H,5-7,9H2,1-4H3/t10-,11+,12?. The van der Waals surface area contributed by atoms with Crippen LogP contribution in [0.5, 0.6) is 0 Å². The molecule has 0 amide bonds. The van der Waals surface area contributed by atoms with Crippen molar-refractivity contribution in [2.75, 3.05) is 26.2 Å². The lowest BCUT2D eigenvalue weighted by Crippen LogP contribution is -2.55. The van der Waals surface area contributed by atoms with Crippen molar-refractivity contribution in [3.05, 3.63) is 0 Å². The van der Waals surface area contributed by atoms with Crippen molar-refractivity contribution in [2.45, 2.75) is 45.4 Å². The molecular formula is C12H23N3O. The quantitative estimate of drug-likeness (QED) is 0.775. The third-order valence-electron chi connectivity index (χ3n) is 2.85. The fourth-order valence-electron chi connectivity index (χ4n) is 2.38. The Morgan fingerprint density at radius 3 is 2.44 bits per heavy atom. The van der Waals surface area contributed by atoms with Crippen molar-refractivity contribution >= 4 is 0 Å². The minimum absolute atomic E-state index is 0.258. The number of morpholine rings is 1. The van der Waals surface area contributed by atoms with E-state index in [1.165, 1.54) is 0 Å². The Balaban J connectivity index is 2.55. The van der Waals surface area contributed by atoms with Gasteiger partial charge in [-0.05, 0) is 27.3 Å².